The lowest BCUT2D eigenvalue weighted by Crippen LogP contribution is -2.47. The van der Waals surface area contributed by atoms with Gasteiger partial charge >= 0.3 is 5.97 Å². The number of hydrogen-bond donors (Lipinski definition) is 0. The number of ether oxygens (including phenoxy) is 1. The van der Waals surface area contributed by atoms with Crippen LogP contribution in [0.25, 0.3) is 0 Å². The number of amides is 2. The van der Waals surface area contributed by atoms with E-state index in [0.717, 1.165) is 4.90 Å². The monoisotopic (exact) mass is 383 g/mol. The molecule has 1 aliphatic heterocycles. The van der Waals surface area contributed by atoms with Crippen LogP contribution in [0.5, 0.6) is 0 Å². The van der Waals surface area contributed by atoms with Crippen LogP contribution in [0.4, 0.5) is 0 Å². The third kappa shape index (κ3) is 3.78. The van der Waals surface area contributed by atoms with Gasteiger partial charge in [-0.15, -0.1) is 0 Å². The Morgan fingerprint density at radius 2 is 1.52 bits per heavy atom. The first-order valence-corrected chi connectivity index (χ1v) is 9.64. The van der Waals surface area contributed by atoms with Crippen LogP contribution in [0.3, 0.4) is 0 Å². The molecule has 6 nitrogen and oxygen atoms in total. The van der Waals surface area contributed by atoms with Crippen LogP contribution < -0.4 is 0 Å². The Hall–Kier alpha value is -2.93. The quantitative estimate of drug-likeness (QED) is 0.415. The Kier molecular flexibility index (Phi) is 5.71. The molecule has 0 aliphatic carbocycles. The van der Waals surface area contributed by atoms with Gasteiger partial charge in [-0.25, -0.2) is 4.79 Å². The number of carbonyl (C=O) groups excluding carboxylic acids is 4. The van der Waals surface area contributed by atoms with Crippen LogP contribution in [-0.4, -0.2) is 53.1 Å². The van der Waals surface area contributed by atoms with Gasteiger partial charge in [0.2, 0.25) is 0 Å². The van der Waals surface area contributed by atoms with Crippen molar-refractivity contribution in [1.82, 2.24) is 4.90 Å². The Balaban J connectivity index is 1.74. The van der Waals surface area contributed by atoms with Gasteiger partial charge in [0.05, 0.1) is 11.1 Å². The first kappa shape index (κ1) is 18.8. The maximum Gasteiger partial charge on any atom is 0.330 e. The van der Waals surface area contributed by atoms with Gasteiger partial charge in [0.25, 0.3) is 11.8 Å². The van der Waals surface area contributed by atoms with E-state index in [4.69, 9.17) is 4.74 Å². The molecule has 138 valence electrons. The normalized spacial score (nSPS) is 14.0. The highest BCUT2D eigenvalue weighted by molar-refractivity contribution is 7.98. The summed E-state index contributed by atoms with van der Waals surface area (Å²) in [6, 6.07) is 13.8. The number of carbonyl (C=O) groups is 4. The van der Waals surface area contributed by atoms with Crippen LogP contribution >= 0.6 is 11.8 Å². The molecule has 2 aromatic carbocycles. The van der Waals surface area contributed by atoms with E-state index in [1.54, 1.807) is 60.9 Å². The number of hydrogen-bond acceptors (Lipinski definition) is 6. The van der Waals surface area contributed by atoms with E-state index in [1.165, 1.54) is 11.8 Å². The fourth-order valence-electron chi connectivity index (χ4n) is 2.84. The smallest absolute Gasteiger partial charge is 0.330 e. The molecule has 0 N–H and O–H groups in total. The lowest BCUT2D eigenvalue weighted by atomic mass is 10.1. The predicted molar refractivity (Wildman–Crippen MR) is 101 cm³/mol. The molecule has 0 spiro atoms. The maximum atomic E-state index is 12.6. The van der Waals surface area contributed by atoms with E-state index in [-0.39, 0.29) is 22.7 Å². The fraction of sp³-hybridized carbons (Fsp3) is 0.200. The summed E-state index contributed by atoms with van der Waals surface area (Å²) in [5, 5.41) is 0. The zero-order chi connectivity index (χ0) is 19.4. The third-order valence-electron chi connectivity index (χ3n) is 4.18. The number of benzene rings is 2. The summed E-state index contributed by atoms with van der Waals surface area (Å²) in [6.45, 7) is -0.448. The summed E-state index contributed by atoms with van der Waals surface area (Å²) in [4.78, 5) is 50.8. The maximum absolute atomic E-state index is 12.6. The summed E-state index contributed by atoms with van der Waals surface area (Å²) in [5.74, 6) is -2.00. The third-order valence-corrected chi connectivity index (χ3v) is 4.82. The molecule has 0 saturated heterocycles. The molecule has 2 amide bonds. The molecule has 0 aromatic heterocycles. The average molecular weight is 383 g/mol. The van der Waals surface area contributed by atoms with Crippen LogP contribution in [0.1, 0.15) is 31.1 Å². The topological polar surface area (TPSA) is 80.8 Å². The van der Waals surface area contributed by atoms with E-state index in [1.807, 2.05) is 0 Å². The molecule has 2 aromatic rings. The lowest BCUT2D eigenvalue weighted by Gasteiger charge is -2.23. The molecule has 0 saturated carbocycles. The highest BCUT2D eigenvalue weighted by Gasteiger charge is 2.43. The molecule has 3 rings (SSSR count). The second-order valence-corrected chi connectivity index (χ2v) is 6.80. The van der Waals surface area contributed by atoms with Crippen molar-refractivity contribution in [3.8, 4) is 0 Å². The van der Waals surface area contributed by atoms with Crippen molar-refractivity contribution in [1.29, 1.82) is 0 Å². The number of rotatable bonds is 7. The zero-order valence-electron chi connectivity index (χ0n) is 14.6. The van der Waals surface area contributed by atoms with Crippen LogP contribution in [0, 0.1) is 0 Å². The van der Waals surface area contributed by atoms with Gasteiger partial charge in [-0.05, 0) is 18.4 Å². The van der Waals surface area contributed by atoms with Crippen molar-refractivity contribution in [2.45, 2.75) is 6.04 Å². The fourth-order valence-corrected chi connectivity index (χ4v) is 3.44. The second kappa shape index (κ2) is 8.18. The molecule has 1 aliphatic rings. The van der Waals surface area contributed by atoms with Crippen molar-refractivity contribution in [3.05, 3.63) is 71.3 Å². The van der Waals surface area contributed by atoms with Crippen LogP contribution in [0.2, 0.25) is 0 Å². The van der Waals surface area contributed by atoms with E-state index in [2.05, 4.69) is 0 Å². The molecule has 27 heavy (non-hydrogen) atoms. The second-order valence-electron chi connectivity index (χ2n) is 5.89. The van der Waals surface area contributed by atoms with E-state index < -0.39 is 30.4 Å². The Labute approximate surface area is 160 Å². The minimum atomic E-state index is -1.09. The van der Waals surface area contributed by atoms with Gasteiger partial charge < -0.3 is 4.74 Å². The molecule has 7 heteroatoms. The number of Topliss-reactive ketones (excluding diaryl/α,β-unsaturated/α-hetero) is 1. The molecule has 0 fully saturated rings. The van der Waals surface area contributed by atoms with Crippen molar-refractivity contribution < 1.29 is 23.9 Å². The number of imide groups is 1. The minimum absolute atomic E-state index is 0.184. The van der Waals surface area contributed by atoms with Crippen molar-refractivity contribution in [2.75, 3.05) is 18.6 Å². The largest absolute Gasteiger partial charge is 0.456 e. The summed E-state index contributed by atoms with van der Waals surface area (Å²) in [7, 11) is 0. The highest BCUT2D eigenvalue weighted by atomic mass is 32.2. The van der Waals surface area contributed by atoms with Crippen molar-refractivity contribution in [3.63, 3.8) is 0 Å². The number of thioether (sulfide) groups is 1. The minimum Gasteiger partial charge on any atom is -0.456 e. The van der Waals surface area contributed by atoms with E-state index in [9.17, 15) is 19.2 Å². The zero-order valence-corrected chi connectivity index (χ0v) is 15.4. The van der Waals surface area contributed by atoms with Crippen molar-refractivity contribution in [2.24, 2.45) is 0 Å². The van der Waals surface area contributed by atoms with E-state index >= 15 is 0 Å². The first-order valence-electron chi connectivity index (χ1n) is 8.25. The number of nitrogens with zero attached hydrogens (tertiary/aromatic N) is 1. The summed E-state index contributed by atoms with van der Waals surface area (Å²) in [5.41, 5.74) is 0.955. The van der Waals surface area contributed by atoms with Gasteiger partial charge in [-0.3, -0.25) is 19.3 Å². The van der Waals surface area contributed by atoms with Crippen LogP contribution in [-0.2, 0) is 9.53 Å². The number of fused-ring (bicyclic) bond motifs is 1. The van der Waals surface area contributed by atoms with Crippen LogP contribution in [0.15, 0.2) is 54.6 Å². The summed E-state index contributed by atoms with van der Waals surface area (Å²) >= 11 is 1.31. The summed E-state index contributed by atoms with van der Waals surface area (Å²) in [6.07, 6.45) is 1.76. The Bertz CT molecular complexity index is 861. The van der Waals surface area contributed by atoms with Gasteiger partial charge in [-0.2, -0.15) is 11.8 Å². The predicted octanol–water partition coefficient (Wildman–Crippen LogP) is 2.44. The Morgan fingerprint density at radius 3 is 2.07 bits per heavy atom. The molecular formula is C20H17NO5S. The van der Waals surface area contributed by atoms with Crippen molar-refractivity contribution >= 4 is 35.3 Å². The highest BCUT2D eigenvalue weighted by Crippen LogP contribution is 2.26. The molecule has 1 unspecified atom stereocenters. The molecule has 0 radical (unpaired) electrons. The first-order chi connectivity index (χ1) is 13.0. The standard InChI is InChI=1S/C20H17NO5S/c1-27-12-16(20(25)26-11-17(22)13-7-3-2-4-8-13)21-18(23)14-9-5-6-10-15(14)19(21)24/h2-10,16H,11-12H2,1H3. The van der Waals surface area contributed by atoms with E-state index in [0.29, 0.717) is 5.56 Å². The van der Waals surface area contributed by atoms with Gasteiger partial charge in [0.1, 0.15) is 6.04 Å². The molecule has 1 atom stereocenters. The van der Waals surface area contributed by atoms with Gasteiger partial charge in [-0.1, -0.05) is 42.5 Å². The lowest BCUT2D eigenvalue weighted by molar-refractivity contribution is -0.146. The SMILES string of the molecule is CSCC(C(=O)OCC(=O)c1ccccc1)N1C(=O)c2ccccc2C1=O. The molecular weight excluding hydrogens is 366 g/mol. The molecule has 1 heterocycles. The summed E-state index contributed by atoms with van der Waals surface area (Å²) < 4.78 is 5.13. The Morgan fingerprint density at radius 1 is 0.963 bits per heavy atom. The average Bonchev–Trinajstić information content (AvgIpc) is 2.95. The van der Waals surface area contributed by atoms with Gasteiger partial charge in [0, 0.05) is 11.3 Å². The number of ketones is 1. The van der Waals surface area contributed by atoms with Gasteiger partial charge in [0.15, 0.2) is 12.4 Å². The number of esters is 1. The molecule has 0 bridgehead atoms.